The normalized spacial score (nSPS) is 16.9. The second-order valence-electron chi connectivity index (χ2n) is 11.7. The number of ether oxygens (including phenoxy) is 4. The monoisotopic (exact) mass is 577 g/mol. The van der Waals surface area contributed by atoms with Crippen molar-refractivity contribution in [3.05, 3.63) is 23.8 Å². The Balaban J connectivity index is 2.10. The van der Waals surface area contributed by atoms with Gasteiger partial charge in [-0.25, -0.2) is 4.79 Å². The lowest BCUT2D eigenvalue weighted by Gasteiger charge is -2.23. The maximum Gasteiger partial charge on any atom is 0.508 e. The molecule has 41 heavy (non-hydrogen) atoms. The van der Waals surface area contributed by atoms with E-state index in [1.54, 1.807) is 26.8 Å². The number of esters is 2. The van der Waals surface area contributed by atoms with E-state index in [1.807, 2.05) is 27.7 Å². The van der Waals surface area contributed by atoms with Gasteiger partial charge in [-0.1, -0.05) is 54.0 Å². The minimum atomic E-state index is -1.10. The molecule has 4 atom stereocenters. The van der Waals surface area contributed by atoms with Crippen molar-refractivity contribution in [3.8, 4) is 11.5 Å². The molecular weight excluding hydrogens is 530 g/mol. The fourth-order valence-electron chi connectivity index (χ4n) is 4.13. The summed E-state index contributed by atoms with van der Waals surface area (Å²) in [5.41, 5.74) is 0.548. The molecule has 0 spiro atoms. The molecule has 2 N–H and O–H groups in total. The number of carboxylic acids is 1. The topological polar surface area (TPSA) is 137 Å². The third kappa shape index (κ3) is 11.3. The van der Waals surface area contributed by atoms with Gasteiger partial charge in [0.05, 0.1) is 11.8 Å². The fourth-order valence-corrected chi connectivity index (χ4v) is 4.13. The van der Waals surface area contributed by atoms with Crippen LogP contribution < -0.4 is 14.8 Å². The van der Waals surface area contributed by atoms with Gasteiger partial charge in [0.1, 0.15) is 18.2 Å². The van der Waals surface area contributed by atoms with Gasteiger partial charge < -0.3 is 29.4 Å². The smallest absolute Gasteiger partial charge is 0.480 e. The zero-order chi connectivity index (χ0) is 30.7. The van der Waals surface area contributed by atoms with Gasteiger partial charge in [-0.05, 0) is 68.6 Å². The van der Waals surface area contributed by atoms with E-state index >= 15 is 0 Å². The molecule has 0 amide bonds. The van der Waals surface area contributed by atoms with E-state index in [0.29, 0.717) is 5.56 Å². The first-order valence-corrected chi connectivity index (χ1v) is 14.7. The van der Waals surface area contributed by atoms with Crippen LogP contribution in [0, 0.1) is 23.7 Å². The van der Waals surface area contributed by atoms with Crippen LogP contribution in [-0.4, -0.2) is 54.0 Å². The van der Waals surface area contributed by atoms with E-state index < -0.39 is 42.1 Å². The zero-order valence-corrected chi connectivity index (χ0v) is 25.4. The molecule has 0 bridgehead atoms. The van der Waals surface area contributed by atoms with Crippen molar-refractivity contribution in [1.29, 1.82) is 0 Å². The van der Waals surface area contributed by atoms with Crippen LogP contribution in [0.3, 0.4) is 0 Å². The second-order valence-corrected chi connectivity index (χ2v) is 11.7. The first-order valence-electron chi connectivity index (χ1n) is 14.7. The third-order valence-electron chi connectivity index (χ3n) is 7.67. The Morgan fingerprint density at radius 3 is 1.95 bits per heavy atom. The first kappa shape index (κ1) is 34.1. The number of carbonyl (C=O) groups excluding carboxylic acids is 3. The standard InChI is InChI=1S/C31H47NO9/c1-18(2)21(6)29(35)40-26-14-13-23(16-27(26)41-30(36)22(7)19(3)4)15-25(28(33)34)32-17-20(5)38-31(37)39-24-11-9-8-10-12-24/h13-14,16,18-22,24-25,32H,8-12,15,17H2,1-7H3,(H,33,34)/t20?,21?,22?,25-/m0/s1. The van der Waals surface area contributed by atoms with Gasteiger partial charge in [0.2, 0.25) is 0 Å². The number of carboxylic acid groups (broad SMARTS) is 1. The van der Waals surface area contributed by atoms with Crippen molar-refractivity contribution in [2.24, 2.45) is 23.7 Å². The van der Waals surface area contributed by atoms with Crippen LogP contribution in [-0.2, 0) is 30.3 Å². The van der Waals surface area contributed by atoms with Crippen LogP contribution in [0.1, 0.15) is 86.1 Å². The van der Waals surface area contributed by atoms with Gasteiger partial charge in [0, 0.05) is 6.54 Å². The lowest BCUT2D eigenvalue weighted by molar-refractivity contribution is -0.142. The summed E-state index contributed by atoms with van der Waals surface area (Å²) >= 11 is 0. The van der Waals surface area contributed by atoms with Crippen LogP contribution in [0.4, 0.5) is 4.79 Å². The number of benzene rings is 1. The molecule has 0 radical (unpaired) electrons. The summed E-state index contributed by atoms with van der Waals surface area (Å²) in [5, 5.41) is 12.7. The van der Waals surface area contributed by atoms with E-state index in [2.05, 4.69) is 5.32 Å². The van der Waals surface area contributed by atoms with Crippen molar-refractivity contribution in [2.75, 3.05) is 6.54 Å². The summed E-state index contributed by atoms with van der Waals surface area (Å²) in [6.45, 7) is 12.9. The molecule has 1 aromatic rings. The molecular formula is C31H47NO9. The first-order chi connectivity index (χ1) is 19.3. The Hall–Kier alpha value is -3.14. The van der Waals surface area contributed by atoms with E-state index in [1.165, 1.54) is 12.1 Å². The summed E-state index contributed by atoms with van der Waals surface area (Å²) in [4.78, 5) is 49.5. The SMILES string of the molecule is CC(CN[C@@H](Cc1ccc(OC(=O)C(C)C(C)C)c(OC(=O)C(C)C(C)C)c1)C(=O)O)OC(=O)OC1CCCCC1. The number of carbonyl (C=O) groups is 4. The van der Waals surface area contributed by atoms with Gasteiger partial charge in [0.25, 0.3) is 0 Å². The fraction of sp³-hybridized carbons (Fsp3) is 0.677. The minimum absolute atomic E-state index is 0.0300. The van der Waals surface area contributed by atoms with E-state index in [9.17, 15) is 24.3 Å². The molecule has 10 nitrogen and oxygen atoms in total. The van der Waals surface area contributed by atoms with Crippen LogP contribution in [0.2, 0.25) is 0 Å². The van der Waals surface area contributed by atoms with Crippen LogP contribution in [0.15, 0.2) is 18.2 Å². The molecule has 10 heteroatoms. The highest BCUT2D eigenvalue weighted by Gasteiger charge is 2.26. The molecule has 230 valence electrons. The van der Waals surface area contributed by atoms with Gasteiger partial charge in [-0.15, -0.1) is 0 Å². The van der Waals surface area contributed by atoms with Gasteiger partial charge >= 0.3 is 24.1 Å². The molecule has 1 aliphatic carbocycles. The van der Waals surface area contributed by atoms with Crippen molar-refractivity contribution in [2.45, 2.75) is 105 Å². The number of nitrogens with one attached hydrogen (secondary N) is 1. The third-order valence-corrected chi connectivity index (χ3v) is 7.67. The van der Waals surface area contributed by atoms with Gasteiger partial charge in [-0.3, -0.25) is 14.4 Å². The molecule has 0 heterocycles. The minimum Gasteiger partial charge on any atom is -0.480 e. The maximum atomic E-state index is 12.7. The quantitative estimate of drug-likeness (QED) is 0.214. The molecule has 1 fully saturated rings. The van der Waals surface area contributed by atoms with Gasteiger partial charge in [-0.2, -0.15) is 0 Å². The maximum absolute atomic E-state index is 12.7. The molecule has 3 unspecified atom stereocenters. The Bertz CT molecular complexity index is 1030. The highest BCUT2D eigenvalue weighted by molar-refractivity contribution is 5.79. The Morgan fingerprint density at radius 2 is 1.41 bits per heavy atom. The predicted octanol–water partition coefficient (Wildman–Crippen LogP) is 5.54. The zero-order valence-electron chi connectivity index (χ0n) is 25.4. The lowest BCUT2D eigenvalue weighted by Crippen LogP contribution is -2.43. The molecule has 1 saturated carbocycles. The Kier molecular flexibility index (Phi) is 13.6. The molecule has 2 rings (SSSR count). The lowest BCUT2D eigenvalue weighted by atomic mass is 9.98. The molecule has 1 aliphatic rings. The highest BCUT2D eigenvalue weighted by atomic mass is 16.7. The number of rotatable bonds is 14. The molecule has 0 aliphatic heterocycles. The second kappa shape index (κ2) is 16.3. The van der Waals surface area contributed by atoms with Crippen molar-refractivity contribution >= 4 is 24.1 Å². The average Bonchev–Trinajstić information content (AvgIpc) is 2.91. The average molecular weight is 578 g/mol. The molecule has 1 aromatic carbocycles. The van der Waals surface area contributed by atoms with Crippen molar-refractivity contribution < 1.29 is 43.2 Å². The van der Waals surface area contributed by atoms with Crippen molar-refractivity contribution in [1.82, 2.24) is 5.32 Å². The summed E-state index contributed by atoms with van der Waals surface area (Å²) in [5.74, 6) is -2.60. The van der Waals surface area contributed by atoms with Crippen LogP contribution >= 0.6 is 0 Å². The summed E-state index contributed by atoms with van der Waals surface area (Å²) in [6, 6.07) is 3.63. The predicted molar refractivity (Wildman–Crippen MR) is 153 cm³/mol. The molecule has 0 aromatic heterocycles. The van der Waals surface area contributed by atoms with Crippen molar-refractivity contribution in [3.63, 3.8) is 0 Å². The molecule has 0 saturated heterocycles. The van der Waals surface area contributed by atoms with Gasteiger partial charge in [0.15, 0.2) is 11.5 Å². The summed E-state index contributed by atoms with van der Waals surface area (Å²) in [6.07, 6.45) is 3.36. The number of hydrogen-bond donors (Lipinski definition) is 2. The Morgan fingerprint density at radius 1 is 0.854 bits per heavy atom. The number of hydrogen-bond acceptors (Lipinski definition) is 9. The van der Waals surface area contributed by atoms with E-state index in [4.69, 9.17) is 18.9 Å². The largest absolute Gasteiger partial charge is 0.508 e. The highest BCUT2D eigenvalue weighted by Crippen LogP contribution is 2.32. The number of aliphatic carboxylic acids is 1. The Labute approximate surface area is 243 Å². The van der Waals surface area contributed by atoms with Crippen LogP contribution in [0.5, 0.6) is 11.5 Å². The summed E-state index contributed by atoms with van der Waals surface area (Å²) in [7, 11) is 0. The summed E-state index contributed by atoms with van der Waals surface area (Å²) < 4.78 is 21.9. The van der Waals surface area contributed by atoms with Crippen LogP contribution in [0.25, 0.3) is 0 Å². The van der Waals surface area contributed by atoms with E-state index in [-0.39, 0.29) is 48.3 Å². The van der Waals surface area contributed by atoms with E-state index in [0.717, 1.165) is 32.1 Å².